The number of esters is 1. The van der Waals surface area contributed by atoms with Gasteiger partial charge in [-0.1, -0.05) is 49.9 Å². The van der Waals surface area contributed by atoms with Gasteiger partial charge in [-0.2, -0.15) is 0 Å². The summed E-state index contributed by atoms with van der Waals surface area (Å²) >= 11 is 0. The van der Waals surface area contributed by atoms with Gasteiger partial charge in [-0.3, -0.25) is 0 Å². The Morgan fingerprint density at radius 2 is 2.04 bits per heavy atom. The van der Waals surface area contributed by atoms with Crippen molar-refractivity contribution < 1.29 is 19.4 Å². The van der Waals surface area contributed by atoms with Gasteiger partial charge < -0.3 is 9.84 Å². The third kappa shape index (κ3) is 4.61. The number of carboxylic acids is 1. The predicted octanol–water partition coefficient (Wildman–Crippen LogP) is 5.03. The van der Waals surface area contributed by atoms with Gasteiger partial charge in [0.25, 0.3) is 0 Å². The van der Waals surface area contributed by atoms with E-state index in [-0.39, 0.29) is 29.8 Å². The normalized spacial score (nSPS) is 27.0. The highest BCUT2D eigenvalue weighted by Gasteiger charge is 2.44. The summed E-state index contributed by atoms with van der Waals surface area (Å²) in [6.07, 6.45) is 10.1. The zero-order valence-corrected chi connectivity index (χ0v) is 16.4. The number of allylic oxidation sites excluding steroid dienone is 1. The van der Waals surface area contributed by atoms with Crippen LogP contribution in [-0.4, -0.2) is 23.7 Å². The van der Waals surface area contributed by atoms with Crippen molar-refractivity contribution in [2.45, 2.75) is 39.0 Å². The van der Waals surface area contributed by atoms with Crippen LogP contribution in [0.4, 0.5) is 0 Å². The minimum Gasteiger partial charge on any atom is -0.478 e. The van der Waals surface area contributed by atoms with Crippen molar-refractivity contribution in [3.63, 3.8) is 0 Å². The smallest absolute Gasteiger partial charge is 0.331 e. The highest BCUT2D eigenvalue weighted by atomic mass is 16.5. The van der Waals surface area contributed by atoms with E-state index >= 15 is 0 Å². The van der Waals surface area contributed by atoms with Gasteiger partial charge in [0.2, 0.25) is 0 Å². The Morgan fingerprint density at radius 1 is 1.29 bits per heavy atom. The quantitative estimate of drug-likeness (QED) is 0.427. The molecular formula is C24H28O4. The van der Waals surface area contributed by atoms with E-state index in [0.717, 1.165) is 43.2 Å². The monoisotopic (exact) mass is 380 g/mol. The maximum absolute atomic E-state index is 12.1. The fourth-order valence-corrected chi connectivity index (χ4v) is 4.57. The minimum absolute atomic E-state index is 0.00856. The topological polar surface area (TPSA) is 63.6 Å². The highest BCUT2D eigenvalue weighted by molar-refractivity contribution is 5.87. The zero-order chi connectivity index (χ0) is 20.1. The first kappa shape index (κ1) is 20.1. The van der Waals surface area contributed by atoms with Crippen LogP contribution in [0.2, 0.25) is 0 Å². The Hall–Kier alpha value is -2.62. The van der Waals surface area contributed by atoms with E-state index in [0.29, 0.717) is 5.57 Å². The van der Waals surface area contributed by atoms with Gasteiger partial charge in [0, 0.05) is 11.6 Å². The predicted molar refractivity (Wildman–Crippen MR) is 109 cm³/mol. The molecule has 1 aromatic rings. The van der Waals surface area contributed by atoms with Crippen molar-refractivity contribution in [3.8, 4) is 0 Å². The van der Waals surface area contributed by atoms with Gasteiger partial charge in [-0.05, 0) is 66.6 Å². The number of hydrogen-bond acceptors (Lipinski definition) is 3. The summed E-state index contributed by atoms with van der Waals surface area (Å²) in [5, 5.41) is 9.30. The second-order valence-corrected chi connectivity index (χ2v) is 8.18. The van der Waals surface area contributed by atoms with Crippen molar-refractivity contribution in [3.05, 3.63) is 65.8 Å². The van der Waals surface area contributed by atoms with Crippen LogP contribution in [0.15, 0.2) is 60.2 Å². The number of aliphatic carboxylic acids is 1. The molecule has 0 radical (unpaired) electrons. The van der Waals surface area contributed by atoms with E-state index in [9.17, 15) is 14.7 Å². The van der Waals surface area contributed by atoms with Crippen LogP contribution < -0.4 is 0 Å². The average molecular weight is 380 g/mol. The number of hydrogen-bond donors (Lipinski definition) is 1. The minimum atomic E-state index is -0.910. The van der Waals surface area contributed by atoms with Gasteiger partial charge in [-0.25, -0.2) is 9.59 Å². The molecule has 0 unspecified atom stereocenters. The van der Waals surface area contributed by atoms with Crippen LogP contribution in [0.1, 0.15) is 44.6 Å². The lowest BCUT2D eigenvalue weighted by Crippen LogP contribution is -2.39. The third-order valence-corrected chi connectivity index (χ3v) is 6.35. The summed E-state index contributed by atoms with van der Waals surface area (Å²) in [6, 6.07) is 9.62. The second-order valence-electron chi connectivity index (χ2n) is 8.18. The Labute approximate surface area is 166 Å². The Balaban J connectivity index is 1.63. The summed E-state index contributed by atoms with van der Waals surface area (Å²) in [6.45, 7) is 6.32. The summed E-state index contributed by atoms with van der Waals surface area (Å²) < 4.78 is 5.51. The fraction of sp³-hybridized carbons (Fsp3) is 0.417. The van der Waals surface area contributed by atoms with Gasteiger partial charge in [0.1, 0.15) is 6.61 Å². The first-order valence-corrected chi connectivity index (χ1v) is 9.90. The van der Waals surface area contributed by atoms with E-state index in [1.807, 2.05) is 30.3 Å². The van der Waals surface area contributed by atoms with Crippen LogP contribution in [0, 0.1) is 17.3 Å². The average Bonchev–Trinajstić information content (AvgIpc) is 2.70. The molecule has 1 fully saturated rings. The van der Waals surface area contributed by atoms with Crippen LogP contribution in [0.25, 0.3) is 6.08 Å². The first-order valence-electron chi connectivity index (χ1n) is 9.90. The lowest BCUT2D eigenvalue weighted by Gasteiger charge is -2.48. The summed E-state index contributed by atoms with van der Waals surface area (Å²) in [7, 11) is 0. The Kier molecular flexibility index (Phi) is 6.18. The fourth-order valence-electron chi connectivity index (χ4n) is 4.57. The molecule has 4 nitrogen and oxygen atoms in total. The van der Waals surface area contributed by atoms with Gasteiger partial charge in [0.15, 0.2) is 0 Å². The Bertz CT molecular complexity index is 805. The molecule has 0 saturated heterocycles. The maximum atomic E-state index is 12.1. The molecule has 1 saturated carbocycles. The summed E-state index contributed by atoms with van der Waals surface area (Å²) in [5.41, 5.74) is 2.52. The molecule has 3 atom stereocenters. The van der Waals surface area contributed by atoms with Gasteiger partial charge in [0.05, 0.1) is 0 Å². The molecule has 2 aliphatic rings. The molecule has 4 heteroatoms. The van der Waals surface area contributed by atoms with Crippen LogP contribution in [0.5, 0.6) is 0 Å². The van der Waals surface area contributed by atoms with Gasteiger partial charge >= 0.3 is 11.9 Å². The second kappa shape index (κ2) is 8.59. The molecule has 0 heterocycles. The first-order chi connectivity index (χ1) is 13.4. The van der Waals surface area contributed by atoms with Crippen molar-refractivity contribution >= 4 is 18.0 Å². The molecular weight excluding hydrogens is 352 g/mol. The molecule has 0 aliphatic heterocycles. The van der Waals surface area contributed by atoms with E-state index in [2.05, 4.69) is 19.6 Å². The molecule has 1 N–H and O–H groups in total. The SMILES string of the molecule is C=C(C(=O)O)[C@@H]1CC[C@@]2(C)CCC=C(COC(=O)C=Cc3ccccc3)[C@@H]2C1. The highest BCUT2D eigenvalue weighted by Crippen LogP contribution is 2.53. The summed E-state index contributed by atoms with van der Waals surface area (Å²) in [5.74, 6) is -1.04. The number of benzene rings is 1. The van der Waals surface area contributed by atoms with Crippen LogP contribution >= 0.6 is 0 Å². The van der Waals surface area contributed by atoms with Crippen molar-refractivity contribution in [1.82, 2.24) is 0 Å². The van der Waals surface area contributed by atoms with Gasteiger partial charge in [-0.15, -0.1) is 0 Å². The van der Waals surface area contributed by atoms with Crippen LogP contribution in [-0.2, 0) is 14.3 Å². The van der Waals surface area contributed by atoms with E-state index in [1.54, 1.807) is 6.08 Å². The molecule has 28 heavy (non-hydrogen) atoms. The molecule has 0 aromatic heterocycles. The number of rotatable bonds is 6. The van der Waals surface area contributed by atoms with Crippen LogP contribution in [0.3, 0.4) is 0 Å². The lowest BCUT2D eigenvalue weighted by molar-refractivity contribution is -0.137. The zero-order valence-electron chi connectivity index (χ0n) is 16.4. The van der Waals surface area contributed by atoms with E-state index in [1.165, 1.54) is 6.08 Å². The van der Waals surface area contributed by atoms with Crippen molar-refractivity contribution in [2.24, 2.45) is 17.3 Å². The lowest BCUT2D eigenvalue weighted by atomic mass is 9.57. The number of carbonyl (C=O) groups is 2. The molecule has 0 bridgehead atoms. The molecule has 0 amide bonds. The largest absolute Gasteiger partial charge is 0.478 e. The number of carboxylic acid groups (broad SMARTS) is 1. The number of ether oxygens (including phenoxy) is 1. The van der Waals surface area contributed by atoms with Crippen molar-refractivity contribution in [1.29, 1.82) is 0 Å². The van der Waals surface area contributed by atoms with E-state index in [4.69, 9.17) is 4.74 Å². The third-order valence-electron chi connectivity index (χ3n) is 6.35. The van der Waals surface area contributed by atoms with Crippen molar-refractivity contribution in [2.75, 3.05) is 6.61 Å². The number of fused-ring (bicyclic) bond motifs is 1. The maximum Gasteiger partial charge on any atom is 0.331 e. The summed E-state index contributed by atoms with van der Waals surface area (Å²) in [4.78, 5) is 23.5. The molecule has 2 aliphatic carbocycles. The molecule has 1 aromatic carbocycles. The standard InChI is InChI=1S/C24H28O4/c1-17(23(26)27)19-12-14-24(2)13-6-9-20(21(24)15-19)16-28-22(25)11-10-18-7-4-3-5-8-18/h3-5,7-11,19,21H,1,6,12-16H2,2H3,(H,26,27)/t19-,21+,24-/m1/s1. The number of carbonyl (C=O) groups excluding carboxylic acids is 1. The molecule has 3 rings (SSSR count). The van der Waals surface area contributed by atoms with E-state index < -0.39 is 5.97 Å². The Morgan fingerprint density at radius 3 is 2.75 bits per heavy atom. The molecule has 0 spiro atoms. The molecule has 148 valence electrons.